The summed E-state index contributed by atoms with van der Waals surface area (Å²) < 4.78 is 34.7. The van der Waals surface area contributed by atoms with Gasteiger partial charge >= 0.3 is 18.9 Å². The SMILES string of the molecule is O=CP(=O)(O)c1[c]c(P(=O)(O)C=O)cc(P(=O)(O)C=O)c1.[LiH]. The molecule has 1 radical (unpaired) electrons. The Bertz CT molecular complexity index is 646. The molecule has 0 fully saturated rings. The number of hydrogen-bond donors (Lipinski definition) is 3. The van der Waals surface area contributed by atoms with Crippen LogP contribution in [0.2, 0.25) is 0 Å². The Kier molecular flexibility index (Phi) is 7.11. The molecule has 0 saturated carbocycles. The molecular weight excluding hydrogens is 352 g/mol. The summed E-state index contributed by atoms with van der Waals surface area (Å²) in [6, 6.07) is 1.95. The first-order valence-electron chi connectivity index (χ1n) is 4.95. The van der Waals surface area contributed by atoms with E-state index in [0.717, 1.165) is 0 Å². The number of carbonyl (C=O) groups is 3. The van der Waals surface area contributed by atoms with E-state index in [4.69, 9.17) is 0 Å². The van der Waals surface area contributed by atoms with Crippen LogP contribution in [0.25, 0.3) is 0 Å². The number of rotatable bonds is 6. The van der Waals surface area contributed by atoms with Crippen LogP contribution in [0, 0.1) is 6.07 Å². The van der Waals surface area contributed by atoms with Gasteiger partial charge in [-0.15, -0.1) is 0 Å². The third kappa shape index (κ3) is 4.45. The van der Waals surface area contributed by atoms with Crippen LogP contribution in [0.4, 0.5) is 0 Å². The second-order valence-corrected chi connectivity index (χ2v) is 9.64. The summed E-state index contributed by atoms with van der Waals surface area (Å²) >= 11 is 0. The van der Waals surface area contributed by atoms with Gasteiger partial charge in [0, 0.05) is 11.4 Å². The number of benzene rings is 1. The summed E-state index contributed by atoms with van der Waals surface area (Å²) in [5.74, 6) is 0. The predicted octanol–water partition coefficient (Wildman–Crippen LogP) is -1.90. The zero-order chi connectivity index (χ0) is 16.5. The van der Waals surface area contributed by atoms with E-state index in [1.165, 1.54) is 0 Å². The first-order chi connectivity index (χ1) is 9.50. The molecule has 0 aromatic heterocycles. The fourth-order valence-corrected chi connectivity index (χ4v) is 3.71. The molecule has 13 heteroatoms. The van der Waals surface area contributed by atoms with Crippen LogP contribution in [0.5, 0.6) is 0 Å². The van der Waals surface area contributed by atoms with Crippen molar-refractivity contribution < 1.29 is 42.8 Å². The summed E-state index contributed by atoms with van der Waals surface area (Å²) in [6.07, 6.45) is 0. The van der Waals surface area contributed by atoms with Crippen LogP contribution >= 0.6 is 22.1 Å². The Morgan fingerprint density at radius 3 is 1.36 bits per heavy atom. The van der Waals surface area contributed by atoms with Crippen LogP contribution in [0.15, 0.2) is 12.1 Å². The van der Waals surface area contributed by atoms with Crippen molar-refractivity contribution in [2.75, 3.05) is 0 Å². The molecule has 0 heterocycles. The molecule has 0 aliphatic rings. The first-order valence-corrected chi connectivity index (χ1v) is 10.1. The van der Waals surface area contributed by atoms with E-state index in [1.54, 1.807) is 0 Å². The molecule has 3 unspecified atom stereocenters. The summed E-state index contributed by atoms with van der Waals surface area (Å²) in [5, 5.41) is -2.50. The van der Waals surface area contributed by atoms with Gasteiger partial charge in [0.05, 0.1) is 10.6 Å². The van der Waals surface area contributed by atoms with E-state index in [2.05, 4.69) is 0 Å². The molecule has 0 saturated heterocycles. The average Bonchev–Trinajstić information content (AvgIpc) is 2.46. The van der Waals surface area contributed by atoms with Gasteiger partial charge in [0.1, 0.15) is 0 Å². The molecule has 0 aliphatic carbocycles. The molecule has 1 aromatic rings. The van der Waals surface area contributed by atoms with Crippen molar-refractivity contribution in [2.24, 2.45) is 0 Å². The number of carbonyl (C=O) groups excluding carboxylic acids is 3. The zero-order valence-corrected chi connectivity index (χ0v) is 12.7. The van der Waals surface area contributed by atoms with Crippen LogP contribution in [0.1, 0.15) is 0 Å². The Labute approximate surface area is 136 Å². The minimum atomic E-state index is -4.67. The Morgan fingerprint density at radius 1 is 0.773 bits per heavy atom. The third-order valence-corrected chi connectivity index (χ3v) is 6.03. The molecule has 0 aliphatic heterocycles. The molecule has 0 bridgehead atoms. The minimum absolute atomic E-state index is 0. The van der Waals surface area contributed by atoms with Crippen molar-refractivity contribution in [3.8, 4) is 0 Å². The molecule has 115 valence electrons. The van der Waals surface area contributed by atoms with Gasteiger partial charge in [-0.05, 0) is 12.1 Å². The fourth-order valence-electron chi connectivity index (χ4n) is 1.23. The van der Waals surface area contributed by atoms with E-state index in [0.29, 0.717) is 12.1 Å². The summed E-state index contributed by atoms with van der Waals surface area (Å²) in [5.41, 5.74) is 0. The fraction of sp³-hybridized carbons (Fsp3) is 0. The van der Waals surface area contributed by atoms with Crippen LogP contribution in [0.3, 0.4) is 0 Å². The Morgan fingerprint density at radius 2 is 1.09 bits per heavy atom. The molecule has 0 spiro atoms. The monoisotopic (exact) mass is 361 g/mol. The number of hydrogen-bond acceptors (Lipinski definition) is 6. The van der Waals surface area contributed by atoms with Gasteiger partial charge < -0.3 is 14.7 Å². The maximum absolute atomic E-state index is 11.6. The molecule has 0 amide bonds. The van der Waals surface area contributed by atoms with E-state index in [-0.39, 0.29) is 36.9 Å². The topological polar surface area (TPSA) is 163 Å². The van der Waals surface area contributed by atoms with E-state index >= 15 is 0 Å². The maximum atomic E-state index is 11.6. The summed E-state index contributed by atoms with van der Waals surface area (Å²) in [6.45, 7) is 0. The summed E-state index contributed by atoms with van der Waals surface area (Å²) in [7, 11) is -14.0. The summed E-state index contributed by atoms with van der Waals surface area (Å²) in [4.78, 5) is 59.8. The van der Waals surface area contributed by atoms with Gasteiger partial charge in [0.25, 0.3) is 22.1 Å². The van der Waals surface area contributed by atoms with Crippen molar-refractivity contribution in [3.63, 3.8) is 0 Å². The molecule has 3 atom stereocenters. The third-order valence-electron chi connectivity index (χ3n) is 2.31. The van der Waals surface area contributed by atoms with Crippen LogP contribution < -0.4 is 15.9 Å². The standard InChI is InChI=1S/C9H8O9P3.Li.H/c10-4-19(13,14)7-1-8(20(15,16)5-11)3-9(2-7)21(17,18)6-12;;/h1-2,4-6H,(H,13,14)(H,15,16)(H,17,18);;. The second-order valence-electron chi connectivity index (χ2n) is 3.79. The molecule has 1 rings (SSSR count). The van der Waals surface area contributed by atoms with Gasteiger partial charge in [0.15, 0.2) is 0 Å². The van der Waals surface area contributed by atoms with Gasteiger partial charge in [-0.25, -0.2) is 0 Å². The van der Waals surface area contributed by atoms with Crippen molar-refractivity contribution in [1.29, 1.82) is 0 Å². The predicted molar refractivity (Wildman–Crippen MR) is 81.1 cm³/mol. The van der Waals surface area contributed by atoms with Crippen molar-refractivity contribution in [1.82, 2.24) is 0 Å². The first kappa shape index (κ1) is 21.4. The molecule has 22 heavy (non-hydrogen) atoms. The van der Waals surface area contributed by atoms with Crippen molar-refractivity contribution >= 4 is 75.0 Å². The average molecular weight is 361 g/mol. The normalized spacial score (nSPS) is 18.7. The van der Waals surface area contributed by atoms with Gasteiger partial charge in [0.2, 0.25) is 18.1 Å². The van der Waals surface area contributed by atoms with E-state index in [9.17, 15) is 42.8 Å². The Balaban J connectivity index is 0.00000441. The quantitative estimate of drug-likeness (QED) is 0.298. The van der Waals surface area contributed by atoms with Crippen molar-refractivity contribution in [2.45, 2.75) is 0 Å². The van der Waals surface area contributed by atoms with E-state index < -0.39 is 38.0 Å². The Hall–Kier alpha value is -0.603. The molecule has 1 aromatic carbocycles. The van der Waals surface area contributed by atoms with Gasteiger partial charge in [-0.3, -0.25) is 28.1 Å². The van der Waals surface area contributed by atoms with Crippen LogP contribution in [-0.4, -0.2) is 51.6 Å². The second kappa shape index (κ2) is 7.31. The molecule has 3 N–H and O–H groups in total. The van der Waals surface area contributed by atoms with E-state index in [1.807, 2.05) is 6.07 Å². The van der Waals surface area contributed by atoms with Gasteiger partial charge in [-0.1, -0.05) is 0 Å². The van der Waals surface area contributed by atoms with Crippen molar-refractivity contribution in [3.05, 3.63) is 18.2 Å². The zero-order valence-electron chi connectivity index (χ0n) is 10.0. The van der Waals surface area contributed by atoms with Crippen LogP contribution in [-0.2, 0) is 28.1 Å². The van der Waals surface area contributed by atoms with Gasteiger partial charge in [-0.2, -0.15) is 0 Å². The molecule has 9 nitrogen and oxygen atoms in total. The molecular formula is C9H9LiO9P3.